The smallest absolute Gasteiger partial charge is 0.253 e. The molecule has 144 valence electrons. The second kappa shape index (κ2) is 8.15. The van der Waals surface area contributed by atoms with E-state index in [4.69, 9.17) is 28.9 Å². The van der Waals surface area contributed by atoms with Gasteiger partial charge in [0.05, 0.1) is 6.04 Å². The van der Waals surface area contributed by atoms with Crippen LogP contribution in [-0.4, -0.2) is 28.6 Å². The molecule has 2 aromatic carbocycles. The number of carbonyl (C=O) groups excluding carboxylic acids is 1. The van der Waals surface area contributed by atoms with Gasteiger partial charge in [-0.25, -0.2) is 4.39 Å². The third-order valence-corrected chi connectivity index (χ3v) is 5.30. The van der Waals surface area contributed by atoms with E-state index in [1.54, 1.807) is 12.1 Å². The zero-order chi connectivity index (χ0) is 19.6. The van der Waals surface area contributed by atoms with Crippen LogP contribution in [-0.2, 0) is 10.3 Å². The molecule has 0 radical (unpaired) electrons. The molecule has 3 rings (SSSR count). The zero-order valence-electron chi connectivity index (χ0n) is 14.5. The van der Waals surface area contributed by atoms with Crippen LogP contribution >= 0.6 is 23.2 Å². The van der Waals surface area contributed by atoms with E-state index in [1.165, 1.54) is 0 Å². The summed E-state index contributed by atoms with van der Waals surface area (Å²) in [5.74, 6) is -0.745. The minimum atomic E-state index is -1.32. The van der Waals surface area contributed by atoms with Crippen molar-refractivity contribution >= 4 is 29.1 Å². The molecular formula is C20H21Cl2FN2O2. The Hall–Kier alpha value is -1.66. The third-order valence-electron chi connectivity index (χ3n) is 4.91. The molecule has 0 aliphatic heterocycles. The molecule has 2 atom stereocenters. The molecule has 1 aliphatic rings. The first kappa shape index (κ1) is 20.1. The maximum atomic E-state index is 13.2. The van der Waals surface area contributed by atoms with Crippen molar-refractivity contribution in [2.24, 2.45) is 5.73 Å². The summed E-state index contributed by atoms with van der Waals surface area (Å²) in [6.45, 7) is -0.947. The predicted octanol–water partition coefficient (Wildman–Crippen LogP) is 3.59. The van der Waals surface area contributed by atoms with Crippen molar-refractivity contribution in [1.82, 2.24) is 5.32 Å². The first-order chi connectivity index (χ1) is 12.8. The average molecular weight is 411 g/mol. The van der Waals surface area contributed by atoms with Gasteiger partial charge in [0, 0.05) is 5.54 Å². The summed E-state index contributed by atoms with van der Waals surface area (Å²) >= 11 is 10.9. The van der Waals surface area contributed by atoms with Gasteiger partial charge in [0.15, 0.2) is 4.84 Å². The molecule has 0 saturated heterocycles. The maximum Gasteiger partial charge on any atom is 0.253 e. The minimum absolute atomic E-state index is 0.163. The fourth-order valence-corrected chi connectivity index (χ4v) is 3.10. The number of hydrogen-bond acceptors (Lipinski definition) is 3. The molecule has 27 heavy (non-hydrogen) atoms. The summed E-state index contributed by atoms with van der Waals surface area (Å²) in [6.07, 6.45) is 0.813. The van der Waals surface area contributed by atoms with E-state index >= 15 is 0 Å². The van der Waals surface area contributed by atoms with E-state index in [9.17, 15) is 14.3 Å². The normalized spacial score (nSPS) is 17.4. The Bertz CT molecular complexity index is 793. The van der Waals surface area contributed by atoms with E-state index in [2.05, 4.69) is 5.32 Å². The fourth-order valence-electron chi connectivity index (χ4n) is 2.97. The highest BCUT2D eigenvalue weighted by Crippen LogP contribution is 2.42. The number of carbonyl (C=O) groups is 1. The molecule has 4 N–H and O–H groups in total. The number of hydrogen-bond donors (Lipinski definition) is 3. The molecule has 1 aliphatic carbocycles. The summed E-state index contributed by atoms with van der Waals surface area (Å²) < 4.78 is 13.2. The van der Waals surface area contributed by atoms with E-state index in [0.29, 0.717) is 5.56 Å². The highest BCUT2D eigenvalue weighted by Gasteiger charge is 2.39. The van der Waals surface area contributed by atoms with Crippen molar-refractivity contribution in [3.05, 3.63) is 59.7 Å². The van der Waals surface area contributed by atoms with Crippen molar-refractivity contribution in [2.75, 3.05) is 6.67 Å². The van der Waals surface area contributed by atoms with Gasteiger partial charge >= 0.3 is 0 Å². The second-order valence-corrected chi connectivity index (χ2v) is 7.97. The highest BCUT2D eigenvalue weighted by molar-refractivity contribution is 6.53. The Labute approximate surface area is 167 Å². The molecule has 0 heterocycles. The van der Waals surface area contributed by atoms with Crippen LogP contribution < -0.4 is 11.1 Å². The van der Waals surface area contributed by atoms with Gasteiger partial charge in [0.25, 0.3) is 5.91 Å². The van der Waals surface area contributed by atoms with Gasteiger partial charge in [-0.1, -0.05) is 71.7 Å². The number of halogens is 3. The van der Waals surface area contributed by atoms with Crippen molar-refractivity contribution in [3.63, 3.8) is 0 Å². The summed E-state index contributed by atoms with van der Waals surface area (Å²) in [6, 6.07) is 14.1. The predicted molar refractivity (Wildman–Crippen MR) is 105 cm³/mol. The highest BCUT2D eigenvalue weighted by atomic mass is 35.5. The van der Waals surface area contributed by atoms with Gasteiger partial charge in [-0.05, 0) is 35.1 Å². The molecule has 1 saturated carbocycles. The van der Waals surface area contributed by atoms with Crippen molar-refractivity contribution in [2.45, 2.75) is 35.4 Å². The molecular weight excluding hydrogens is 390 g/mol. The second-order valence-electron chi connectivity index (χ2n) is 6.87. The van der Waals surface area contributed by atoms with Crippen LogP contribution in [0.5, 0.6) is 0 Å². The first-order valence-corrected chi connectivity index (χ1v) is 9.54. The molecule has 4 nitrogen and oxygen atoms in total. The molecule has 1 amide bonds. The number of benzene rings is 2. The van der Waals surface area contributed by atoms with Crippen LogP contribution in [0.1, 0.15) is 30.1 Å². The minimum Gasteiger partial charge on any atom is -0.386 e. The Morgan fingerprint density at radius 1 is 1.11 bits per heavy atom. The van der Waals surface area contributed by atoms with Gasteiger partial charge in [-0.2, -0.15) is 0 Å². The molecule has 2 unspecified atom stereocenters. The van der Waals surface area contributed by atoms with E-state index in [1.807, 2.05) is 36.4 Å². The van der Waals surface area contributed by atoms with E-state index in [0.717, 1.165) is 29.5 Å². The average Bonchev–Trinajstić information content (AvgIpc) is 3.44. The number of nitrogens with two attached hydrogens (primary N) is 1. The Morgan fingerprint density at radius 2 is 1.63 bits per heavy atom. The third kappa shape index (κ3) is 4.61. The lowest BCUT2D eigenvalue weighted by atomic mass is 9.97. The lowest BCUT2D eigenvalue weighted by molar-refractivity contribution is -0.121. The summed E-state index contributed by atoms with van der Waals surface area (Å²) in [7, 11) is 0. The van der Waals surface area contributed by atoms with Crippen LogP contribution in [0.15, 0.2) is 48.5 Å². The van der Waals surface area contributed by atoms with Crippen molar-refractivity contribution in [3.8, 4) is 11.1 Å². The Balaban J connectivity index is 1.71. The lowest BCUT2D eigenvalue weighted by Crippen LogP contribution is -2.43. The molecule has 1 fully saturated rings. The van der Waals surface area contributed by atoms with Crippen molar-refractivity contribution < 1.29 is 14.3 Å². The van der Waals surface area contributed by atoms with Crippen LogP contribution in [0.2, 0.25) is 0 Å². The first-order valence-electron chi connectivity index (χ1n) is 8.66. The van der Waals surface area contributed by atoms with E-state index in [-0.39, 0.29) is 5.54 Å². The molecule has 2 aromatic rings. The number of nitrogens with one attached hydrogen (secondary N) is 1. The van der Waals surface area contributed by atoms with Crippen LogP contribution in [0.3, 0.4) is 0 Å². The molecule has 0 bridgehead atoms. The fraction of sp³-hybridized carbons (Fsp3) is 0.350. The monoisotopic (exact) mass is 410 g/mol. The topological polar surface area (TPSA) is 75.3 Å². The summed E-state index contributed by atoms with van der Waals surface area (Å²) in [5.41, 5.74) is 9.64. The standard InChI is InChI=1S/C20H21Cl2FN2O2/c21-18(22)19(27)25-16(11-23)17(26)14-3-1-12(2-4-14)13-5-7-15(8-6-13)20(24)9-10-20/h1-8,16-18,26H,9-11,24H2,(H,25,27). The van der Waals surface area contributed by atoms with Gasteiger partial charge in [-0.3, -0.25) is 4.79 Å². The quantitative estimate of drug-likeness (QED) is 0.610. The molecule has 7 heteroatoms. The molecule has 0 aromatic heterocycles. The van der Waals surface area contributed by atoms with Crippen LogP contribution in [0, 0.1) is 0 Å². The summed E-state index contributed by atoms with van der Waals surface area (Å²) in [4.78, 5) is 10.2. The lowest BCUT2D eigenvalue weighted by Gasteiger charge is -2.22. The maximum absolute atomic E-state index is 13.2. The summed E-state index contributed by atoms with van der Waals surface area (Å²) in [5, 5.41) is 12.6. The largest absolute Gasteiger partial charge is 0.386 e. The number of rotatable bonds is 7. The Morgan fingerprint density at radius 3 is 2.07 bits per heavy atom. The number of aliphatic hydroxyl groups excluding tert-OH is 1. The van der Waals surface area contributed by atoms with Gasteiger partial charge in [0.2, 0.25) is 0 Å². The number of amides is 1. The van der Waals surface area contributed by atoms with Crippen LogP contribution in [0.25, 0.3) is 11.1 Å². The Kier molecular flexibility index (Phi) is 6.06. The van der Waals surface area contributed by atoms with Gasteiger partial charge < -0.3 is 16.2 Å². The molecule has 0 spiro atoms. The number of alkyl halides is 3. The van der Waals surface area contributed by atoms with E-state index < -0.39 is 29.6 Å². The van der Waals surface area contributed by atoms with Crippen molar-refractivity contribution in [1.29, 1.82) is 0 Å². The SMILES string of the molecule is NC1(c2ccc(-c3ccc(C(O)C(CF)NC(=O)C(Cl)Cl)cc3)cc2)CC1. The van der Waals surface area contributed by atoms with Gasteiger partial charge in [0.1, 0.15) is 12.8 Å². The van der Waals surface area contributed by atoms with Gasteiger partial charge in [-0.15, -0.1) is 0 Å². The number of aliphatic hydroxyl groups is 1. The zero-order valence-corrected chi connectivity index (χ0v) is 16.1. The van der Waals surface area contributed by atoms with Crippen LogP contribution in [0.4, 0.5) is 4.39 Å².